The highest BCUT2D eigenvalue weighted by Crippen LogP contribution is 2.45. The molecule has 0 aliphatic carbocycles. The van der Waals surface area contributed by atoms with Gasteiger partial charge in [0.2, 0.25) is 7.37 Å². The van der Waals surface area contributed by atoms with E-state index in [-0.39, 0.29) is 12.3 Å². The van der Waals surface area contributed by atoms with Crippen molar-refractivity contribution < 1.29 is 19.0 Å². The lowest BCUT2D eigenvalue weighted by Gasteiger charge is -2.12. The fourth-order valence-corrected chi connectivity index (χ4v) is 2.07. The Bertz CT molecular complexity index is 177. The second-order valence-corrected chi connectivity index (χ2v) is 4.94. The largest absolute Gasteiger partial charge is 0.481 e. The van der Waals surface area contributed by atoms with Crippen LogP contribution in [-0.2, 0) is 13.9 Å². The molecule has 0 aromatic rings. The van der Waals surface area contributed by atoms with Crippen LogP contribution in [-0.4, -0.2) is 30.0 Å². The minimum absolute atomic E-state index is 0.285. The molecule has 0 fully saturated rings. The predicted octanol–water partition coefficient (Wildman–Crippen LogP) is 1.41. The van der Waals surface area contributed by atoms with Gasteiger partial charge in [0.15, 0.2) is 0 Å². The summed E-state index contributed by atoms with van der Waals surface area (Å²) in [6.45, 7) is 3.67. The molecule has 0 aliphatic rings. The Balaban J connectivity index is 4.10. The van der Waals surface area contributed by atoms with E-state index < -0.39 is 13.3 Å². The smallest absolute Gasteiger partial charge is 0.313 e. The summed E-state index contributed by atoms with van der Waals surface area (Å²) in [5, 5.41) is 8.35. The molecule has 0 spiro atoms. The summed E-state index contributed by atoms with van der Waals surface area (Å²) in [5.74, 6) is -1.07. The second kappa shape index (κ2) is 4.52. The lowest BCUT2D eigenvalue weighted by Crippen LogP contribution is -2.07. The van der Waals surface area contributed by atoms with Gasteiger partial charge in [-0.1, -0.05) is 6.92 Å². The molecule has 1 N–H and O–H groups in total. The van der Waals surface area contributed by atoms with Crippen LogP contribution in [0.3, 0.4) is 0 Å². The van der Waals surface area contributed by atoms with Crippen LogP contribution in [0.4, 0.5) is 0 Å². The van der Waals surface area contributed by atoms with Gasteiger partial charge in [0.1, 0.15) is 6.16 Å². The summed E-state index contributed by atoms with van der Waals surface area (Å²) in [5.41, 5.74) is 0. The minimum Gasteiger partial charge on any atom is -0.481 e. The standard InChI is InChI=1S/C6H13O4P/c1-3-10-11(9,4-2)5-6(7)8/h3-5H2,1-2H3,(H,7,8). The molecule has 5 heteroatoms. The predicted molar refractivity (Wildman–Crippen MR) is 42.3 cm³/mol. The van der Waals surface area contributed by atoms with Crippen molar-refractivity contribution in [3.8, 4) is 0 Å². The number of rotatable bonds is 5. The van der Waals surface area contributed by atoms with Crippen molar-refractivity contribution in [2.75, 3.05) is 18.9 Å². The third-order valence-corrected chi connectivity index (χ3v) is 3.67. The van der Waals surface area contributed by atoms with E-state index in [4.69, 9.17) is 9.63 Å². The van der Waals surface area contributed by atoms with Gasteiger partial charge in [-0.15, -0.1) is 0 Å². The van der Waals surface area contributed by atoms with Crippen molar-refractivity contribution >= 4 is 13.3 Å². The van der Waals surface area contributed by atoms with Gasteiger partial charge in [-0.3, -0.25) is 9.36 Å². The van der Waals surface area contributed by atoms with Crippen LogP contribution in [0.15, 0.2) is 0 Å². The first-order valence-electron chi connectivity index (χ1n) is 3.48. The SMILES string of the molecule is CCOP(=O)(CC)CC(=O)O. The lowest BCUT2D eigenvalue weighted by molar-refractivity contribution is -0.134. The molecule has 0 saturated heterocycles. The van der Waals surface area contributed by atoms with Crippen molar-refractivity contribution in [1.29, 1.82) is 0 Å². The molecule has 4 nitrogen and oxygen atoms in total. The monoisotopic (exact) mass is 180 g/mol. The fourth-order valence-electron chi connectivity index (χ4n) is 0.690. The Morgan fingerprint density at radius 1 is 1.55 bits per heavy atom. The first-order valence-corrected chi connectivity index (χ1v) is 5.48. The normalized spacial score (nSPS) is 15.8. The van der Waals surface area contributed by atoms with Gasteiger partial charge in [0.05, 0.1) is 6.61 Å². The van der Waals surface area contributed by atoms with Crippen LogP contribution < -0.4 is 0 Å². The van der Waals surface area contributed by atoms with Crippen molar-refractivity contribution in [1.82, 2.24) is 0 Å². The quantitative estimate of drug-likeness (QED) is 0.649. The molecule has 0 heterocycles. The third-order valence-electron chi connectivity index (χ3n) is 1.22. The fraction of sp³-hybridized carbons (Fsp3) is 0.833. The Kier molecular flexibility index (Phi) is 4.38. The van der Waals surface area contributed by atoms with Gasteiger partial charge < -0.3 is 9.63 Å². The molecule has 0 rings (SSSR count). The molecule has 1 unspecified atom stereocenters. The number of hydrogen-bond donors (Lipinski definition) is 1. The van der Waals surface area contributed by atoms with E-state index in [2.05, 4.69) is 0 Å². The molecular weight excluding hydrogens is 167 g/mol. The van der Waals surface area contributed by atoms with Crippen molar-refractivity contribution in [2.45, 2.75) is 13.8 Å². The first kappa shape index (κ1) is 10.7. The Labute approximate surface area is 66.0 Å². The van der Waals surface area contributed by atoms with Gasteiger partial charge in [-0.2, -0.15) is 0 Å². The van der Waals surface area contributed by atoms with Gasteiger partial charge >= 0.3 is 5.97 Å². The maximum Gasteiger partial charge on any atom is 0.313 e. The number of hydrogen-bond acceptors (Lipinski definition) is 3. The Hall–Kier alpha value is -0.340. The summed E-state index contributed by atoms with van der Waals surface area (Å²) < 4.78 is 16.3. The zero-order valence-corrected chi connectivity index (χ0v) is 7.63. The van der Waals surface area contributed by atoms with Gasteiger partial charge in [0.25, 0.3) is 0 Å². The number of carbonyl (C=O) groups is 1. The van der Waals surface area contributed by atoms with Crippen molar-refractivity contribution in [2.24, 2.45) is 0 Å². The van der Waals surface area contributed by atoms with Crippen molar-refractivity contribution in [3.63, 3.8) is 0 Å². The summed E-state index contributed by atoms with van der Waals surface area (Å²) in [6, 6.07) is 0. The summed E-state index contributed by atoms with van der Waals surface area (Å²) in [6.07, 6.45) is -0.0789. The molecule has 0 radical (unpaired) electrons. The van der Waals surface area contributed by atoms with Crippen LogP contribution in [0.1, 0.15) is 13.8 Å². The molecule has 66 valence electrons. The number of carboxylic acids is 1. The molecule has 0 aromatic carbocycles. The topological polar surface area (TPSA) is 63.6 Å². The van der Waals surface area contributed by atoms with E-state index >= 15 is 0 Å². The Morgan fingerprint density at radius 3 is 2.36 bits per heavy atom. The van der Waals surface area contributed by atoms with Crippen LogP contribution >= 0.6 is 7.37 Å². The number of carboxylic acid groups (broad SMARTS) is 1. The summed E-state index contributed by atoms with van der Waals surface area (Å²) >= 11 is 0. The average Bonchev–Trinajstić information content (AvgIpc) is 1.87. The first-order chi connectivity index (χ1) is 5.04. The minimum atomic E-state index is -2.86. The van der Waals surface area contributed by atoms with Crippen LogP contribution in [0.5, 0.6) is 0 Å². The molecule has 0 saturated carbocycles. The van der Waals surface area contributed by atoms with E-state index in [1.165, 1.54) is 0 Å². The average molecular weight is 180 g/mol. The molecule has 0 amide bonds. The maximum atomic E-state index is 11.4. The van der Waals surface area contributed by atoms with Crippen LogP contribution in [0, 0.1) is 0 Å². The van der Waals surface area contributed by atoms with Crippen LogP contribution in [0.2, 0.25) is 0 Å². The highest BCUT2D eigenvalue weighted by molar-refractivity contribution is 7.59. The summed E-state index contributed by atoms with van der Waals surface area (Å²) in [7, 11) is -2.86. The van der Waals surface area contributed by atoms with E-state index in [0.717, 1.165) is 0 Å². The zero-order valence-electron chi connectivity index (χ0n) is 6.74. The molecule has 0 aliphatic heterocycles. The Morgan fingerprint density at radius 2 is 2.09 bits per heavy atom. The second-order valence-electron chi connectivity index (χ2n) is 2.10. The van der Waals surface area contributed by atoms with Gasteiger partial charge in [-0.25, -0.2) is 0 Å². The molecular formula is C6H13O4P. The molecule has 11 heavy (non-hydrogen) atoms. The van der Waals surface area contributed by atoms with Crippen molar-refractivity contribution in [3.05, 3.63) is 0 Å². The lowest BCUT2D eigenvalue weighted by atomic mass is 10.8. The maximum absolute atomic E-state index is 11.4. The molecule has 0 bridgehead atoms. The van der Waals surface area contributed by atoms with E-state index in [9.17, 15) is 9.36 Å². The molecule has 1 atom stereocenters. The van der Waals surface area contributed by atoms with E-state index in [0.29, 0.717) is 6.61 Å². The van der Waals surface area contributed by atoms with Gasteiger partial charge in [-0.05, 0) is 6.92 Å². The zero-order chi connectivity index (χ0) is 8.91. The molecule has 0 aromatic heterocycles. The van der Waals surface area contributed by atoms with E-state index in [1.807, 2.05) is 0 Å². The van der Waals surface area contributed by atoms with Crippen LogP contribution in [0.25, 0.3) is 0 Å². The highest BCUT2D eigenvalue weighted by atomic mass is 31.2. The number of aliphatic carboxylic acids is 1. The third kappa shape index (κ3) is 4.17. The highest BCUT2D eigenvalue weighted by Gasteiger charge is 2.23. The van der Waals surface area contributed by atoms with E-state index in [1.54, 1.807) is 13.8 Å². The van der Waals surface area contributed by atoms with Gasteiger partial charge in [0, 0.05) is 6.16 Å². The summed E-state index contributed by atoms with van der Waals surface area (Å²) in [4.78, 5) is 10.2.